The van der Waals surface area contributed by atoms with E-state index in [1.54, 1.807) is 6.07 Å². The van der Waals surface area contributed by atoms with Gasteiger partial charge in [-0.3, -0.25) is 0 Å². The Morgan fingerprint density at radius 2 is 1.75 bits per heavy atom. The van der Waals surface area contributed by atoms with E-state index in [0.717, 1.165) is 18.9 Å². The Kier molecular flexibility index (Phi) is 5.24. The van der Waals surface area contributed by atoms with Crippen LogP contribution in [0.5, 0.6) is 0 Å². The first-order valence-electron chi connectivity index (χ1n) is 6.87. The Bertz CT molecular complexity index is 540. The molecule has 0 aliphatic heterocycles. The third-order valence-corrected chi connectivity index (χ3v) is 3.38. The van der Waals surface area contributed by atoms with E-state index in [-0.39, 0.29) is 6.04 Å². The average Bonchev–Trinajstić information content (AvgIpc) is 2.48. The van der Waals surface area contributed by atoms with E-state index in [4.69, 9.17) is 0 Å². The van der Waals surface area contributed by atoms with Crippen molar-refractivity contribution in [2.75, 3.05) is 0 Å². The minimum Gasteiger partial charge on any atom is -0.310 e. The molecule has 0 amide bonds. The highest BCUT2D eigenvalue weighted by Crippen LogP contribution is 2.12. The summed E-state index contributed by atoms with van der Waals surface area (Å²) in [4.78, 5) is 0. The third-order valence-electron chi connectivity index (χ3n) is 3.38. The van der Waals surface area contributed by atoms with E-state index >= 15 is 0 Å². The number of aryl methyl sites for hydroxylation is 1. The second-order valence-electron chi connectivity index (χ2n) is 5.02. The van der Waals surface area contributed by atoms with Gasteiger partial charge < -0.3 is 5.32 Å². The smallest absolute Gasteiger partial charge is 0.163 e. The van der Waals surface area contributed by atoms with Gasteiger partial charge in [-0.1, -0.05) is 42.5 Å². The van der Waals surface area contributed by atoms with Crippen LogP contribution in [0.25, 0.3) is 0 Å². The van der Waals surface area contributed by atoms with Crippen molar-refractivity contribution in [3.8, 4) is 0 Å². The Morgan fingerprint density at radius 1 is 1.00 bits per heavy atom. The maximum Gasteiger partial charge on any atom is 0.163 e. The van der Waals surface area contributed by atoms with E-state index in [1.807, 2.05) is 18.2 Å². The van der Waals surface area contributed by atoms with Crippen molar-refractivity contribution < 1.29 is 8.78 Å². The Labute approximate surface area is 118 Å². The number of halogens is 2. The molecular formula is C17H19F2N. The van der Waals surface area contributed by atoms with E-state index in [2.05, 4.69) is 24.4 Å². The summed E-state index contributed by atoms with van der Waals surface area (Å²) in [5.41, 5.74) is 1.66. The fraction of sp³-hybridized carbons (Fsp3) is 0.294. The molecule has 1 N–H and O–H groups in total. The minimum atomic E-state index is -0.791. The average molecular weight is 275 g/mol. The van der Waals surface area contributed by atoms with Crippen molar-refractivity contribution >= 4 is 0 Å². The lowest BCUT2D eigenvalue weighted by atomic mass is 10.1. The number of benzene rings is 2. The molecule has 2 aromatic carbocycles. The molecule has 106 valence electrons. The van der Waals surface area contributed by atoms with Crippen LogP contribution in [0.2, 0.25) is 0 Å². The van der Waals surface area contributed by atoms with Crippen LogP contribution in [0.1, 0.15) is 24.5 Å². The van der Waals surface area contributed by atoms with Crippen LogP contribution >= 0.6 is 0 Å². The molecule has 1 atom stereocenters. The molecule has 2 rings (SSSR count). The van der Waals surface area contributed by atoms with Gasteiger partial charge in [-0.25, -0.2) is 8.78 Å². The first-order chi connectivity index (χ1) is 9.66. The zero-order chi connectivity index (χ0) is 14.4. The van der Waals surface area contributed by atoms with Gasteiger partial charge in [0.1, 0.15) is 0 Å². The SMILES string of the molecule is CC(CCc1ccccc1)NCc1cccc(F)c1F. The summed E-state index contributed by atoms with van der Waals surface area (Å²) in [6, 6.07) is 14.8. The van der Waals surface area contributed by atoms with E-state index in [0.29, 0.717) is 12.1 Å². The largest absolute Gasteiger partial charge is 0.310 e. The Morgan fingerprint density at radius 3 is 2.50 bits per heavy atom. The van der Waals surface area contributed by atoms with Crippen LogP contribution in [-0.4, -0.2) is 6.04 Å². The van der Waals surface area contributed by atoms with Gasteiger partial charge in [-0.2, -0.15) is 0 Å². The summed E-state index contributed by atoms with van der Waals surface area (Å²) in [6.07, 6.45) is 1.93. The second-order valence-corrected chi connectivity index (χ2v) is 5.02. The molecule has 0 saturated carbocycles. The predicted octanol–water partition coefficient (Wildman–Crippen LogP) is 4.08. The molecule has 0 aliphatic carbocycles. The molecule has 3 heteroatoms. The lowest BCUT2D eigenvalue weighted by molar-refractivity contribution is 0.473. The topological polar surface area (TPSA) is 12.0 Å². The Hall–Kier alpha value is -1.74. The molecule has 1 unspecified atom stereocenters. The molecular weight excluding hydrogens is 256 g/mol. The first kappa shape index (κ1) is 14.7. The van der Waals surface area contributed by atoms with Gasteiger partial charge >= 0.3 is 0 Å². The highest BCUT2D eigenvalue weighted by atomic mass is 19.2. The zero-order valence-electron chi connectivity index (χ0n) is 11.6. The zero-order valence-corrected chi connectivity index (χ0v) is 11.6. The molecule has 0 bridgehead atoms. The number of hydrogen-bond donors (Lipinski definition) is 1. The van der Waals surface area contributed by atoms with E-state index in [9.17, 15) is 8.78 Å². The summed E-state index contributed by atoms with van der Waals surface area (Å²) >= 11 is 0. The summed E-state index contributed by atoms with van der Waals surface area (Å²) in [6.45, 7) is 2.40. The van der Waals surface area contributed by atoms with Crippen molar-refractivity contribution in [3.05, 3.63) is 71.3 Å². The van der Waals surface area contributed by atoms with Gasteiger partial charge in [0.15, 0.2) is 11.6 Å². The summed E-state index contributed by atoms with van der Waals surface area (Å²) in [7, 11) is 0. The van der Waals surface area contributed by atoms with Crippen molar-refractivity contribution in [2.24, 2.45) is 0 Å². The molecule has 0 heterocycles. The van der Waals surface area contributed by atoms with Gasteiger partial charge in [0.2, 0.25) is 0 Å². The van der Waals surface area contributed by atoms with Gasteiger partial charge in [0.25, 0.3) is 0 Å². The minimum absolute atomic E-state index is 0.248. The van der Waals surface area contributed by atoms with Crippen LogP contribution < -0.4 is 5.32 Å². The van der Waals surface area contributed by atoms with Crippen molar-refractivity contribution in [2.45, 2.75) is 32.4 Å². The van der Waals surface area contributed by atoms with Crippen LogP contribution in [-0.2, 0) is 13.0 Å². The molecule has 0 spiro atoms. The second kappa shape index (κ2) is 7.15. The van der Waals surface area contributed by atoms with Gasteiger partial charge in [0.05, 0.1) is 0 Å². The maximum atomic E-state index is 13.5. The number of nitrogens with one attached hydrogen (secondary N) is 1. The van der Waals surface area contributed by atoms with Crippen LogP contribution in [0.3, 0.4) is 0 Å². The number of rotatable bonds is 6. The quantitative estimate of drug-likeness (QED) is 0.837. The summed E-state index contributed by atoms with van der Waals surface area (Å²) in [5.74, 6) is -1.54. The van der Waals surface area contributed by atoms with Gasteiger partial charge in [0, 0.05) is 18.2 Å². The number of hydrogen-bond acceptors (Lipinski definition) is 1. The fourth-order valence-electron chi connectivity index (χ4n) is 2.10. The highest BCUT2D eigenvalue weighted by Gasteiger charge is 2.08. The normalized spacial score (nSPS) is 12.3. The van der Waals surface area contributed by atoms with Crippen molar-refractivity contribution in [1.82, 2.24) is 5.32 Å². The Balaban J connectivity index is 1.80. The van der Waals surface area contributed by atoms with Gasteiger partial charge in [-0.15, -0.1) is 0 Å². The molecule has 0 radical (unpaired) electrons. The fourth-order valence-corrected chi connectivity index (χ4v) is 2.10. The lowest BCUT2D eigenvalue weighted by Gasteiger charge is -2.14. The van der Waals surface area contributed by atoms with Crippen LogP contribution in [0.4, 0.5) is 8.78 Å². The van der Waals surface area contributed by atoms with Crippen LogP contribution in [0, 0.1) is 11.6 Å². The maximum absolute atomic E-state index is 13.5. The summed E-state index contributed by atoms with van der Waals surface area (Å²) < 4.78 is 26.6. The van der Waals surface area contributed by atoms with E-state index < -0.39 is 11.6 Å². The summed E-state index contributed by atoms with van der Waals surface area (Å²) in [5, 5.41) is 3.23. The van der Waals surface area contributed by atoms with Crippen molar-refractivity contribution in [1.29, 1.82) is 0 Å². The van der Waals surface area contributed by atoms with Gasteiger partial charge in [-0.05, 0) is 31.4 Å². The molecule has 20 heavy (non-hydrogen) atoms. The molecule has 1 nitrogen and oxygen atoms in total. The molecule has 2 aromatic rings. The molecule has 0 aliphatic rings. The lowest BCUT2D eigenvalue weighted by Crippen LogP contribution is -2.26. The molecule has 0 aromatic heterocycles. The van der Waals surface area contributed by atoms with Crippen LogP contribution in [0.15, 0.2) is 48.5 Å². The monoisotopic (exact) mass is 275 g/mol. The molecule has 0 saturated heterocycles. The van der Waals surface area contributed by atoms with Crippen molar-refractivity contribution in [3.63, 3.8) is 0 Å². The first-order valence-corrected chi connectivity index (χ1v) is 6.87. The third kappa shape index (κ3) is 4.14. The molecule has 0 fully saturated rings. The highest BCUT2D eigenvalue weighted by molar-refractivity contribution is 5.19. The standard InChI is InChI=1S/C17H19F2N/c1-13(10-11-14-6-3-2-4-7-14)20-12-15-8-5-9-16(18)17(15)19/h2-9,13,20H,10-12H2,1H3. The van der Waals surface area contributed by atoms with E-state index in [1.165, 1.54) is 11.6 Å². The predicted molar refractivity (Wildman–Crippen MR) is 77.4 cm³/mol.